The fourth-order valence-electron chi connectivity index (χ4n) is 3.82. The Morgan fingerprint density at radius 3 is 3.00 bits per heavy atom. The van der Waals surface area contributed by atoms with Gasteiger partial charge in [0.2, 0.25) is 0 Å². The highest BCUT2D eigenvalue weighted by Gasteiger charge is 2.26. The summed E-state index contributed by atoms with van der Waals surface area (Å²) in [6.45, 7) is 5.50. The lowest BCUT2D eigenvalue weighted by molar-refractivity contribution is 0.0667. The number of amides is 1. The molecule has 3 aromatic rings. The van der Waals surface area contributed by atoms with Crippen LogP contribution in [0.3, 0.4) is 0 Å². The van der Waals surface area contributed by atoms with E-state index in [1.54, 1.807) is 16.8 Å². The zero-order valence-corrected chi connectivity index (χ0v) is 15.2. The smallest absolute Gasteiger partial charge is 0.274 e. The van der Waals surface area contributed by atoms with Gasteiger partial charge in [0.25, 0.3) is 5.91 Å². The zero-order chi connectivity index (χ0) is 18.1. The van der Waals surface area contributed by atoms with E-state index in [4.69, 9.17) is 0 Å². The van der Waals surface area contributed by atoms with Gasteiger partial charge in [-0.2, -0.15) is 5.10 Å². The highest BCUT2D eigenvalue weighted by molar-refractivity contribution is 5.93. The van der Waals surface area contributed by atoms with Crippen molar-refractivity contribution in [3.8, 4) is 0 Å². The molecule has 134 valence electrons. The van der Waals surface area contributed by atoms with Crippen molar-refractivity contribution in [2.24, 2.45) is 5.92 Å². The van der Waals surface area contributed by atoms with Crippen molar-refractivity contribution < 1.29 is 4.79 Å². The van der Waals surface area contributed by atoms with Gasteiger partial charge in [-0.25, -0.2) is 9.50 Å². The van der Waals surface area contributed by atoms with Crippen LogP contribution in [-0.4, -0.2) is 43.5 Å². The van der Waals surface area contributed by atoms with Crippen LogP contribution in [0, 0.1) is 19.8 Å². The van der Waals surface area contributed by atoms with Gasteiger partial charge in [0.05, 0.1) is 0 Å². The van der Waals surface area contributed by atoms with E-state index >= 15 is 0 Å². The lowest BCUT2D eigenvalue weighted by Gasteiger charge is -2.32. The summed E-state index contributed by atoms with van der Waals surface area (Å²) >= 11 is 0. The molecule has 3 aromatic heterocycles. The first kappa shape index (κ1) is 16.7. The van der Waals surface area contributed by atoms with Gasteiger partial charge in [-0.1, -0.05) is 6.07 Å². The molecule has 26 heavy (non-hydrogen) atoms. The molecule has 0 bridgehead atoms. The predicted octanol–water partition coefficient (Wildman–Crippen LogP) is 2.84. The Morgan fingerprint density at radius 2 is 2.19 bits per heavy atom. The molecule has 1 aliphatic rings. The van der Waals surface area contributed by atoms with Crippen LogP contribution in [0.4, 0.5) is 0 Å². The molecule has 0 aromatic carbocycles. The van der Waals surface area contributed by atoms with E-state index < -0.39 is 0 Å². The number of aromatic nitrogens is 4. The van der Waals surface area contributed by atoms with Crippen LogP contribution >= 0.6 is 0 Å². The maximum atomic E-state index is 13.0. The fraction of sp³-hybridized carbons (Fsp3) is 0.400. The average Bonchev–Trinajstić information content (AvgIpc) is 3.06. The molecule has 4 heterocycles. The van der Waals surface area contributed by atoms with Gasteiger partial charge in [-0.05, 0) is 56.7 Å². The third-order valence-corrected chi connectivity index (χ3v) is 5.01. The number of pyridine rings is 1. The fourth-order valence-corrected chi connectivity index (χ4v) is 3.82. The second-order valence-electron chi connectivity index (χ2n) is 7.16. The molecule has 1 amide bonds. The lowest BCUT2D eigenvalue weighted by atomic mass is 9.92. The summed E-state index contributed by atoms with van der Waals surface area (Å²) in [7, 11) is 0. The molecule has 0 saturated carbocycles. The van der Waals surface area contributed by atoms with Crippen LogP contribution in [0.5, 0.6) is 0 Å². The van der Waals surface area contributed by atoms with Crippen molar-refractivity contribution in [1.82, 2.24) is 24.5 Å². The topological polar surface area (TPSA) is 63.4 Å². The molecule has 4 rings (SSSR count). The summed E-state index contributed by atoms with van der Waals surface area (Å²) in [5.74, 6) is 0.472. The number of likely N-dealkylation sites (tertiary alicyclic amines) is 1. The Labute approximate surface area is 152 Å². The van der Waals surface area contributed by atoms with E-state index in [1.807, 2.05) is 37.1 Å². The molecule has 0 unspecified atom stereocenters. The van der Waals surface area contributed by atoms with Gasteiger partial charge in [-0.15, -0.1) is 0 Å². The molecular formula is C20H23N5O. The molecule has 1 fully saturated rings. The first-order chi connectivity index (χ1) is 12.6. The highest BCUT2D eigenvalue weighted by atomic mass is 16.2. The van der Waals surface area contributed by atoms with E-state index in [0.29, 0.717) is 11.6 Å². The van der Waals surface area contributed by atoms with Crippen molar-refractivity contribution in [3.05, 3.63) is 59.3 Å². The van der Waals surface area contributed by atoms with Crippen LogP contribution in [0.2, 0.25) is 0 Å². The number of rotatable bonds is 3. The van der Waals surface area contributed by atoms with Crippen LogP contribution in [0.1, 0.15) is 40.3 Å². The van der Waals surface area contributed by atoms with Crippen molar-refractivity contribution in [1.29, 1.82) is 0 Å². The van der Waals surface area contributed by atoms with Gasteiger partial charge >= 0.3 is 0 Å². The maximum Gasteiger partial charge on any atom is 0.274 e. The quantitative estimate of drug-likeness (QED) is 0.729. The number of nitrogens with zero attached hydrogens (tertiary/aromatic N) is 5. The van der Waals surface area contributed by atoms with Gasteiger partial charge in [-0.3, -0.25) is 9.78 Å². The number of carbonyl (C=O) groups excluding carboxylic acids is 1. The molecule has 0 aliphatic carbocycles. The number of piperidine rings is 1. The minimum atomic E-state index is 0.00318. The SMILES string of the molecule is Cc1cc(C)n2nc(C(=O)N3CCC[C@H](Cc4cccnc4)C3)cc2n1. The van der Waals surface area contributed by atoms with Gasteiger partial charge < -0.3 is 4.90 Å². The predicted molar refractivity (Wildman–Crippen MR) is 99.0 cm³/mol. The summed E-state index contributed by atoms with van der Waals surface area (Å²) in [4.78, 5) is 23.6. The first-order valence-corrected chi connectivity index (χ1v) is 9.12. The van der Waals surface area contributed by atoms with Crippen LogP contribution in [0.25, 0.3) is 5.65 Å². The normalized spacial score (nSPS) is 17.6. The number of carbonyl (C=O) groups is 1. The Morgan fingerprint density at radius 1 is 1.31 bits per heavy atom. The Bertz CT molecular complexity index is 934. The minimum Gasteiger partial charge on any atom is -0.337 e. The van der Waals surface area contributed by atoms with Gasteiger partial charge in [0.1, 0.15) is 0 Å². The Kier molecular flexibility index (Phi) is 4.41. The number of aryl methyl sites for hydroxylation is 2. The Hall–Kier alpha value is -2.76. The number of fused-ring (bicyclic) bond motifs is 1. The molecule has 0 N–H and O–H groups in total. The molecular weight excluding hydrogens is 326 g/mol. The number of hydrogen-bond acceptors (Lipinski definition) is 4. The summed E-state index contributed by atoms with van der Waals surface area (Å²) in [6.07, 6.45) is 6.84. The minimum absolute atomic E-state index is 0.00318. The van der Waals surface area contributed by atoms with Crippen molar-refractivity contribution in [3.63, 3.8) is 0 Å². The third-order valence-electron chi connectivity index (χ3n) is 5.01. The molecule has 6 heteroatoms. The second-order valence-corrected chi connectivity index (χ2v) is 7.16. The van der Waals surface area contributed by atoms with Crippen LogP contribution in [-0.2, 0) is 6.42 Å². The van der Waals surface area contributed by atoms with Crippen molar-refractivity contribution in [2.75, 3.05) is 13.1 Å². The van der Waals surface area contributed by atoms with E-state index in [-0.39, 0.29) is 5.91 Å². The monoisotopic (exact) mass is 349 g/mol. The average molecular weight is 349 g/mol. The largest absolute Gasteiger partial charge is 0.337 e. The van der Waals surface area contributed by atoms with Crippen LogP contribution < -0.4 is 0 Å². The van der Waals surface area contributed by atoms with E-state index in [1.165, 1.54) is 5.56 Å². The van der Waals surface area contributed by atoms with Gasteiger partial charge in [0.15, 0.2) is 11.3 Å². The molecule has 1 aliphatic heterocycles. The van der Waals surface area contributed by atoms with Crippen LogP contribution in [0.15, 0.2) is 36.7 Å². The maximum absolute atomic E-state index is 13.0. The Balaban J connectivity index is 1.51. The van der Waals surface area contributed by atoms with Crippen molar-refractivity contribution >= 4 is 11.6 Å². The zero-order valence-electron chi connectivity index (χ0n) is 15.2. The summed E-state index contributed by atoms with van der Waals surface area (Å²) < 4.78 is 1.75. The molecule has 6 nitrogen and oxygen atoms in total. The van der Waals surface area contributed by atoms with E-state index in [2.05, 4.69) is 21.1 Å². The summed E-state index contributed by atoms with van der Waals surface area (Å²) in [5.41, 5.74) is 4.36. The number of hydrogen-bond donors (Lipinski definition) is 0. The lowest BCUT2D eigenvalue weighted by Crippen LogP contribution is -2.40. The summed E-state index contributed by atoms with van der Waals surface area (Å²) in [6, 6.07) is 7.84. The molecule has 0 radical (unpaired) electrons. The van der Waals surface area contributed by atoms with Gasteiger partial charge in [0, 0.05) is 42.9 Å². The van der Waals surface area contributed by atoms with Crippen molar-refractivity contribution in [2.45, 2.75) is 33.1 Å². The highest BCUT2D eigenvalue weighted by Crippen LogP contribution is 2.22. The third kappa shape index (κ3) is 3.31. The molecule has 0 spiro atoms. The summed E-state index contributed by atoms with van der Waals surface area (Å²) in [5, 5.41) is 4.49. The first-order valence-electron chi connectivity index (χ1n) is 9.12. The molecule has 1 saturated heterocycles. The van der Waals surface area contributed by atoms with E-state index in [0.717, 1.165) is 49.4 Å². The standard InChI is InChI=1S/C20H23N5O/c1-14-9-15(2)25-19(22-14)11-18(23-25)20(26)24-8-4-6-17(13-24)10-16-5-3-7-21-12-16/h3,5,7,9,11-12,17H,4,6,8,10,13H2,1-2H3/t17-/m1/s1. The molecule has 1 atom stereocenters. The van der Waals surface area contributed by atoms with E-state index in [9.17, 15) is 4.79 Å². The second kappa shape index (κ2) is 6.86.